The maximum Gasteiger partial charge on any atom is 0.261 e. The van der Waals surface area contributed by atoms with Crippen molar-refractivity contribution in [2.75, 3.05) is 61.0 Å². The first-order valence-electron chi connectivity index (χ1n) is 15.8. The van der Waals surface area contributed by atoms with E-state index in [9.17, 15) is 19.5 Å². The molecule has 3 aliphatic rings. The van der Waals surface area contributed by atoms with Crippen molar-refractivity contribution in [3.63, 3.8) is 0 Å². The van der Waals surface area contributed by atoms with Crippen molar-refractivity contribution in [3.8, 4) is 10.4 Å². The number of thiophene rings is 1. The van der Waals surface area contributed by atoms with Gasteiger partial charge in [-0.05, 0) is 73.4 Å². The highest BCUT2D eigenvalue weighted by Gasteiger charge is 2.29. The number of piperazine rings is 1. The number of nitrogens with one attached hydrogen (secondary N) is 2. The van der Waals surface area contributed by atoms with Crippen molar-refractivity contribution in [2.45, 2.75) is 25.3 Å². The largest absolute Gasteiger partial charge is 0.395 e. The van der Waals surface area contributed by atoms with Crippen molar-refractivity contribution < 1.29 is 19.5 Å². The minimum absolute atomic E-state index is 0.0185. The van der Waals surface area contributed by atoms with Crippen LogP contribution in [0.25, 0.3) is 10.4 Å². The summed E-state index contributed by atoms with van der Waals surface area (Å²) in [4.78, 5) is 52.4. The van der Waals surface area contributed by atoms with E-state index in [0.29, 0.717) is 53.1 Å². The quantitative estimate of drug-likeness (QED) is 0.265. The molecule has 3 N–H and O–H groups in total. The molecular weight excluding hydrogens is 600 g/mol. The van der Waals surface area contributed by atoms with Crippen LogP contribution in [0.3, 0.4) is 0 Å². The molecule has 2 fully saturated rings. The molecule has 0 bridgehead atoms. The van der Waals surface area contributed by atoms with Gasteiger partial charge >= 0.3 is 0 Å². The van der Waals surface area contributed by atoms with Gasteiger partial charge in [0.15, 0.2) is 0 Å². The summed E-state index contributed by atoms with van der Waals surface area (Å²) in [6, 6.07) is 20.6. The van der Waals surface area contributed by atoms with Crippen molar-refractivity contribution in [1.29, 1.82) is 0 Å². The highest BCUT2D eigenvalue weighted by Crippen LogP contribution is 2.42. The number of β-amino-alcohol motifs (C(OH)–C–C–N with tert-alkyl or cyclic N) is 1. The number of aliphatic hydroxyl groups is 1. The second-order valence-electron chi connectivity index (χ2n) is 11.9. The molecule has 4 aromatic rings. The second-order valence-corrected chi connectivity index (χ2v) is 12.9. The Balaban J connectivity index is 1.05. The molecule has 1 saturated carbocycles. The van der Waals surface area contributed by atoms with Gasteiger partial charge in [0.25, 0.3) is 17.7 Å². The van der Waals surface area contributed by atoms with Gasteiger partial charge in [0, 0.05) is 73.2 Å². The van der Waals surface area contributed by atoms with Crippen LogP contribution < -0.4 is 20.4 Å². The van der Waals surface area contributed by atoms with Crippen LogP contribution in [0.5, 0.6) is 0 Å². The minimum Gasteiger partial charge on any atom is -0.395 e. The molecule has 1 aliphatic carbocycles. The third kappa shape index (κ3) is 6.26. The summed E-state index contributed by atoms with van der Waals surface area (Å²) in [5.41, 5.74) is 4.43. The average molecular weight is 637 g/mol. The van der Waals surface area contributed by atoms with Gasteiger partial charge in [0.05, 0.1) is 22.7 Å². The first-order chi connectivity index (χ1) is 22.5. The predicted molar refractivity (Wildman–Crippen MR) is 180 cm³/mol. The van der Waals surface area contributed by atoms with E-state index < -0.39 is 0 Å². The molecule has 4 heterocycles. The number of hydrogen-bond donors (Lipinski definition) is 3. The lowest BCUT2D eigenvalue weighted by molar-refractivity contribution is 0.0952. The molecule has 7 rings (SSSR count). The van der Waals surface area contributed by atoms with Crippen LogP contribution in [-0.2, 0) is 6.42 Å². The minimum atomic E-state index is -0.266. The molecule has 0 spiro atoms. The number of fused-ring (bicyclic) bond motifs is 3. The van der Waals surface area contributed by atoms with E-state index in [4.69, 9.17) is 0 Å². The standard InChI is InChI=1S/C35H36N6O4S/c42-21-20-39-16-18-40(19-17-39)32-28(5-3-14-36-32)33(43)37-25-9-7-23(8-10-25)35(45)41-15-13-24-22-30(34(44)38-26-11-12-26)46-31(24)27-4-1-2-6-29(27)41/h1-10,14,22,26,42H,11-13,15-21H2,(H,37,43)(H,38,44). The molecule has 1 saturated heterocycles. The summed E-state index contributed by atoms with van der Waals surface area (Å²) in [6.45, 7) is 4.29. The molecular formula is C35H36N6O4S. The molecule has 46 heavy (non-hydrogen) atoms. The van der Waals surface area contributed by atoms with E-state index >= 15 is 0 Å². The number of amides is 3. The number of benzene rings is 2. The van der Waals surface area contributed by atoms with Gasteiger partial charge < -0.3 is 25.5 Å². The smallest absolute Gasteiger partial charge is 0.261 e. The number of aliphatic hydroxyl groups excluding tert-OH is 1. The molecule has 236 valence electrons. The Hall–Kier alpha value is -4.58. The number of rotatable bonds is 8. The Kier molecular flexibility index (Phi) is 8.53. The van der Waals surface area contributed by atoms with Crippen LogP contribution in [0.1, 0.15) is 48.8 Å². The van der Waals surface area contributed by atoms with E-state index in [0.717, 1.165) is 60.7 Å². The lowest BCUT2D eigenvalue weighted by Gasteiger charge is -2.35. The van der Waals surface area contributed by atoms with Crippen LogP contribution in [-0.4, -0.2) is 84.6 Å². The highest BCUT2D eigenvalue weighted by atomic mass is 32.1. The Morgan fingerprint density at radius 3 is 2.46 bits per heavy atom. The predicted octanol–water partition coefficient (Wildman–Crippen LogP) is 4.27. The molecule has 0 radical (unpaired) electrons. The number of anilines is 3. The van der Waals surface area contributed by atoms with Gasteiger partial charge in [0.2, 0.25) is 0 Å². The van der Waals surface area contributed by atoms with Crippen LogP contribution in [0.4, 0.5) is 17.2 Å². The maximum absolute atomic E-state index is 13.9. The molecule has 2 aromatic heterocycles. The zero-order valence-electron chi connectivity index (χ0n) is 25.4. The van der Waals surface area contributed by atoms with E-state index in [2.05, 4.69) is 25.4 Å². The Morgan fingerprint density at radius 1 is 0.913 bits per heavy atom. The van der Waals surface area contributed by atoms with Crippen LogP contribution in [0.2, 0.25) is 0 Å². The molecule has 2 aliphatic heterocycles. The second kappa shape index (κ2) is 13.0. The van der Waals surface area contributed by atoms with Crippen molar-refractivity contribution in [1.82, 2.24) is 15.2 Å². The van der Waals surface area contributed by atoms with E-state index in [1.807, 2.05) is 35.2 Å². The number of hydrogen-bond acceptors (Lipinski definition) is 8. The van der Waals surface area contributed by atoms with Crippen LogP contribution in [0, 0.1) is 0 Å². The lowest BCUT2D eigenvalue weighted by atomic mass is 10.1. The zero-order chi connectivity index (χ0) is 31.6. The van der Waals surface area contributed by atoms with Gasteiger partial charge in [-0.3, -0.25) is 19.3 Å². The van der Waals surface area contributed by atoms with Crippen LogP contribution >= 0.6 is 11.3 Å². The maximum atomic E-state index is 13.9. The monoisotopic (exact) mass is 636 g/mol. The van der Waals surface area contributed by atoms with Crippen molar-refractivity contribution in [2.24, 2.45) is 0 Å². The van der Waals surface area contributed by atoms with Gasteiger partial charge in [-0.2, -0.15) is 0 Å². The summed E-state index contributed by atoms with van der Waals surface area (Å²) in [5.74, 6) is 0.231. The topological polar surface area (TPSA) is 118 Å². The lowest BCUT2D eigenvalue weighted by Crippen LogP contribution is -2.48. The number of carbonyl (C=O) groups excluding carboxylic acids is 3. The number of para-hydroxylation sites is 1. The van der Waals surface area contributed by atoms with Crippen molar-refractivity contribution in [3.05, 3.63) is 94.5 Å². The normalized spacial score (nSPS) is 16.3. The van der Waals surface area contributed by atoms with Gasteiger partial charge in [-0.25, -0.2) is 4.98 Å². The molecule has 2 aromatic carbocycles. The molecule has 10 nitrogen and oxygen atoms in total. The summed E-state index contributed by atoms with van der Waals surface area (Å²) in [7, 11) is 0. The summed E-state index contributed by atoms with van der Waals surface area (Å²) >= 11 is 1.49. The molecule has 11 heteroatoms. The van der Waals surface area contributed by atoms with Gasteiger partial charge in [-0.15, -0.1) is 11.3 Å². The van der Waals surface area contributed by atoms with Crippen molar-refractivity contribution >= 4 is 46.3 Å². The Labute approximate surface area is 271 Å². The molecule has 3 amide bonds. The summed E-state index contributed by atoms with van der Waals surface area (Å²) in [5, 5.41) is 15.3. The number of aromatic nitrogens is 1. The Bertz CT molecular complexity index is 1760. The first kappa shape index (κ1) is 30.1. The zero-order valence-corrected chi connectivity index (χ0v) is 26.3. The summed E-state index contributed by atoms with van der Waals surface area (Å²) in [6.07, 6.45) is 4.42. The van der Waals surface area contributed by atoms with E-state index in [-0.39, 0.29) is 24.3 Å². The van der Waals surface area contributed by atoms with Gasteiger partial charge in [0.1, 0.15) is 5.82 Å². The Morgan fingerprint density at radius 2 is 1.70 bits per heavy atom. The SMILES string of the molecule is O=C(NC1CC1)c1cc2c(s1)-c1ccccc1N(C(=O)c1ccc(NC(=O)c3cccnc3N3CCN(CCO)CC3)cc1)CC2. The third-order valence-electron chi connectivity index (χ3n) is 8.74. The fraction of sp³-hybridized carbons (Fsp3) is 0.314. The van der Waals surface area contributed by atoms with Gasteiger partial charge in [-0.1, -0.05) is 18.2 Å². The highest BCUT2D eigenvalue weighted by molar-refractivity contribution is 7.17. The van der Waals surface area contributed by atoms with E-state index in [1.54, 1.807) is 42.6 Å². The average Bonchev–Trinajstić information content (AvgIpc) is 3.83. The van der Waals surface area contributed by atoms with Crippen LogP contribution in [0.15, 0.2) is 72.9 Å². The number of carbonyl (C=O) groups is 3. The number of pyridine rings is 1. The summed E-state index contributed by atoms with van der Waals surface area (Å²) < 4.78 is 0. The van der Waals surface area contributed by atoms with E-state index in [1.165, 1.54) is 11.3 Å². The number of nitrogens with zero attached hydrogens (tertiary/aromatic N) is 4. The molecule has 0 unspecified atom stereocenters. The fourth-order valence-corrected chi connectivity index (χ4v) is 7.25. The third-order valence-corrected chi connectivity index (χ3v) is 9.95. The first-order valence-corrected chi connectivity index (χ1v) is 16.6. The molecule has 0 atom stereocenters. The fourth-order valence-electron chi connectivity index (χ4n) is 6.10.